The molecule has 0 atom stereocenters. The lowest BCUT2D eigenvalue weighted by molar-refractivity contribution is -0.688. The molecule has 3 nitrogen and oxygen atoms in total. The Labute approximate surface area is 150 Å². The van der Waals surface area contributed by atoms with E-state index in [2.05, 4.69) is 39.9 Å². The van der Waals surface area contributed by atoms with Crippen molar-refractivity contribution in [1.82, 2.24) is 4.98 Å². The molecule has 0 radical (unpaired) electrons. The first kappa shape index (κ1) is 15.1. The van der Waals surface area contributed by atoms with E-state index >= 15 is 0 Å². The fourth-order valence-electron chi connectivity index (χ4n) is 3.68. The number of aromatic amines is 1. The van der Waals surface area contributed by atoms with Gasteiger partial charge in [-0.3, -0.25) is 0 Å². The lowest BCUT2D eigenvalue weighted by Gasteiger charge is -2.12. The lowest BCUT2D eigenvalue weighted by atomic mass is 10.0. The van der Waals surface area contributed by atoms with E-state index in [4.69, 9.17) is 4.74 Å². The number of para-hydroxylation sites is 1. The summed E-state index contributed by atoms with van der Waals surface area (Å²) in [5.41, 5.74) is 5.90. The molecule has 0 bridgehead atoms. The molecule has 0 saturated heterocycles. The number of hydrogen-bond donors (Lipinski definition) is 1. The van der Waals surface area contributed by atoms with Gasteiger partial charge in [0.15, 0.2) is 12.3 Å². The SMILES string of the molecule is Fc1ccc(COc2ccc3[n+](c2)CCc2c-3[nH]c3ccccc23)cc1. The van der Waals surface area contributed by atoms with Crippen molar-refractivity contribution in [2.45, 2.75) is 19.6 Å². The van der Waals surface area contributed by atoms with Gasteiger partial charge in [-0.2, -0.15) is 4.57 Å². The number of nitrogens with one attached hydrogen (secondary N) is 1. The molecule has 1 N–H and O–H groups in total. The van der Waals surface area contributed by atoms with Crippen molar-refractivity contribution >= 4 is 10.9 Å². The molecule has 0 fully saturated rings. The number of ether oxygens (including phenoxy) is 1. The Morgan fingerprint density at radius 2 is 1.85 bits per heavy atom. The Balaban J connectivity index is 1.44. The molecule has 0 unspecified atom stereocenters. The van der Waals surface area contributed by atoms with Gasteiger partial charge < -0.3 is 9.72 Å². The summed E-state index contributed by atoms with van der Waals surface area (Å²) in [4.78, 5) is 3.56. The third-order valence-electron chi connectivity index (χ3n) is 4.99. The lowest BCUT2D eigenvalue weighted by Crippen LogP contribution is -2.40. The third kappa shape index (κ3) is 2.54. The number of halogens is 1. The van der Waals surface area contributed by atoms with E-state index < -0.39 is 0 Å². The van der Waals surface area contributed by atoms with E-state index in [0.717, 1.165) is 24.3 Å². The number of H-pyrrole nitrogens is 1. The zero-order valence-electron chi connectivity index (χ0n) is 14.2. The molecule has 0 spiro atoms. The van der Waals surface area contributed by atoms with E-state index in [0.29, 0.717) is 6.61 Å². The second-order valence-electron chi connectivity index (χ2n) is 6.63. The number of nitrogens with zero attached hydrogens (tertiary/aromatic N) is 1. The van der Waals surface area contributed by atoms with Crippen molar-refractivity contribution in [1.29, 1.82) is 0 Å². The molecule has 26 heavy (non-hydrogen) atoms. The van der Waals surface area contributed by atoms with Gasteiger partial charge in [0.25, 0.3) is 0 Å². The largest absolute Gasteiger partial charge is 0.483 e. The number of aromatic nitrogens is 2. The first-order valence-corrected chi connectivity index (χ1v) is 8.78. The van der Waals surface area contributed by atoms with E-state index in [-0.39, 0.29) is 5.82 Å². The fourth-order valence-corrected chi connectivity index (χ4v) is 3.68. The predicted octanol–water partition coefficient (Wildman–Crippen LogP) is 4.40. The molecule has 0 saturated carbocycles. The summed E-state index contributed by atoms with van der Waals surface area (Å²) in [7, 11) is 0. The smallest absolute Gasteiger partial charge is 0.229 e. The van der Waals surface area contributed by atoms with Crippen molar-refractivity contribution in [3.05, 3.63) is 83.8 Å². The van der Waals surface area contributed by atoms with Gasteiger partial charge >= 0.3 is 0 Å². The summed E-state index contributed by atoms with van der Waals surface area (Å²) in [5.74, 6) is 0.588. The minimum atomic E-state index is -0.229. The second-order valence-corrected chi connectivity index (χ2v) is 6.63. The van der Waals surface area contributed by atoms with Crippen LogP contribution >= 0.6 is 0 Å². The number of fused-ring (bicyclic) bond motifs is 5. The van der Waals surface area contributed by atoms with Crippen LogP contribution in [0.4, 0.5) is 4.39 Å². The van der Waals surface area contributed by atoms with Crippen LogP contribution in [0.2, 0.25) is 0 Å². The van der Waals surface area contributed by atoms with Crippen molar-refractivity contribution in [3.63, 3.8) is 0 Å². The van der Waals surface area contributed by atoms with Gasteiger partial charge in [0.05, 0.1) is 0 Å². The average molecular weight is 345 g/mol. The maximum atomic E-state index is 13.0. The predicted molar refractivity (Wildman–Crippen MR) is 98.4 cm³/mol. The standard InChI is InChI=1S/C22H17FN2O/c23-16-7-5-15(6-8-16)14-26-17-9-10-21-22-19(11-12-25(21)13-17)18-3-1-2-4-20(18)24-22/h1-10,13H,11-12,14H2/p+1. The zero-order valence-corrected chi connectivity index (χ0v) is 14.2. The second kappa shape index (κ2) is 5.99. The van der Waals surface area contributed by atoms with Gasteiger partial charge in [-0.1, -0.05) is 30.3 Å². The topological polar surface area (TPSA) is 28.9 Å². The number of pyridine rings is 1. The molecular weight excluding hydrogens is 327 g/mol. The van der Waals surface area contributed by atoms with Gasteiger partial charge in [-0.15, -0.1) is 0 Å². The molecule has 0 aliphatic carbocycles. The molecular formula is C22H18FN2O+. The normalized spacial score (nSPS) is 12.7. The van der Waals surface area contributed by atoms with Crippen LogP contribution in [0.15, 0.2) is 66.9 Å². The quantitative estimate of drug-likeness (QED) is 0.548. The monoisotopic (exact) mass is 345 g/mol. The summed E-state index contributed by atoms with van der Waals surface area (Å²) in [5, 5.41) is 1.31. The molecule has 1 aliphatic rings. The van der Waals surface area contributed by atoms with Crippen molar-refractivity contribution in [2.75, 3.05) is 0 Å². The van der Waals surface area contributed by atoms with Crippen LogP contribution in [0.1, 0.15) is 11.1 Å². The molecule has 4 heteroatoms. The Kier molecular flexibility index (Phi) is 3.49. The highest BCUT2D eigenvalue weighted by atomic mass is 19.1. The van der Waals surface area contributed by atoms with Crippen LogP contribution in [-0.2, 0) is 19.6 Å². The summed E-state index contributed by atoms with van der Waals surface area (Å²) in [6, 6.07) is 19.0. The molecule has 2 aromatic heterocycles. The molecule has 5 rings (SSSR count). The number of hydrogen-bond acceptors (Lipinski definition) is 1. The Hall–Kier alpha value is -3.14. The van der Waals surface area contributed by atoms with Crippen molar-refractivity contribution < 1.29 is 13.7 Å². The van der Waals surface area contributed by atoms with Gasteiger partial charge in [-0.25, -0.2) is 4.39 Å². The zero-order chi connectivity index (χ0) is 17.5. The molecule has 0 amide bonds. The highest BCUT2D eigenvalue weighted by Crippen LogP contribution is 2.32. The van der Waals surface area contributed by atoms with Crippen LogP contribution in [0, 0.1) is 5.82 Å². The van der Waals surface area contributed by atoms with Gasteiger partial charge in [0.2, 0.25) is 11.9 Å². The number of aryl methyl sites for hydroxylation is 2. The van der Waals surface area contributed by atoms with Crippen LogP contribution in [0.25, 0.3) is 22.3 Å². The first-order valence-electron chi connectivity index (χ1n) is 8.78. The first-order chi connectivity index (χ1) is 12.8. The van der Waals surface area contributed by atoms with Crippen LogP contribution in [0.5, 0.6) is 5.75 Å². The van der Waals surface area contributed by atoms with Gasteiger partial charge in [0, 0.05) is 23.4 Å². The van der Waals surface area contributed by atoms with Crippen molar-refractivity contribution in [3.8, 4) is 17.1 Å². The molecule has 4 aromatic rings. The van der Waals surface area contributed by atoms with E-state index in [1.165, 1.54) is 40.0 Å². The fraction of sp³-hybridized carbons (Fsp3) is 0.136. The highest BCUT2D eigenvalue weighted by Gasteiger charge is 2.26. The van der Waals surface area contributed by atoms with E-state index in [1.54, 1.807) is 12.1 Å². The van der Waals surface area contributed by atoms with E-state index in [1.807, 2.05) is 12.3 Å². The summed E-state index contributed by atoms with van der Waals surface area (Å²) < 4.78 is 21.1. The Morgan fingerprint density at radius 1 is 1.00 bits per heavy atom. The van der Waals surface area contributed by atoms with Crippen LogP contribution < -0.4 is 9.30 Å². The summed E-state index contributed by atoms with van der Waals surface area (Å²) >= 11 is 0. The molecule has 128 valence electrons. The highest BCUT2D eigenvalue weighted by molar-refractivity contribution is 5.90. The van der Waals surface area contributed by atoms with Crippen molar-refractivity contribution in [2.24, 2.45) is 0 Å². The maximum absolute atomic E-state index is 13.0. The Morgan fingerprint density at radius 3 is 2.73 bits per heavy atom. The molecule has 3 heterocycles. The molecule has 1 aliphatic heterocycles. The molecule has 2 aromatic carbocycles. The minimum absolute atomic E-state index is 0.229. The third-order valence-corrected chi connectivity index (χ3v) is 4.99. The summed E-state index contributed by atoms with van der Waals surface area (Å²) in [6.45, 7) is 1.36. The Bertz CT molecular complexity index is 1100. The van der Waals surface area contributed by atoms with Gasteiger partial charge in [-0.05, 0) is 35.4 Å². The maximum Gasteiger partial charge on any atom is 0.229 e. The van der Waals surface area contributed by atoms with E-state index in [9.17, 15) is 4.39 Å². The van der Waals surface area contributed by atoms with Crippen LogP contribution in [-0.4, -0.2) is 4.98 Å². The van der Waals surface area contributed by atoms with Gasteiger partial charge in [0.1, 0.15) is 18.1 Å². The number of benzene rings is 2. The number of rotatable bonds is 3. The summed E-state index contributed by atoms with van der Waals surface area (Å²) in [6.07, 6.45) is 3.05. The minimum Gasteiger partial charge on any atom is -0.483 e. The average Bonchev–Trinajstić information content (AvgIpc) is 3.06. The van der Waals surface area contributed by atoms with Crippen LogP contribution in [0.3, 0.4) is 0 Å².